The Hall–Kier alpha value is -0.800. The minimum Gasteiger partial charge on any atom is -0.367 e. The highest BCUT2D eigenvalue weighted by Gasteiger charge is 2.13. The number of aromatic nitrogens is 1. The Bertz CT molecular complexity index is 235. The molecule has 0 aromatic carbocycles. The second kappa shape index (κ2) is 3.94. The van der Waals surface area contributed by atoms with Crippen LogP contribution >= 0.6 is 0 Å². The SMILES string of the molecule is CN1CCN(Cc2cc[nH]c2)CC1. The number of hydrogen-bond donors (Lipinski definition) is 1. The number of likely N-dealkylation sites (N-methyl/N-ethyl adjacent to an activating group) is 1. The predicted molar refractivity (Wildman–Crippen MR) is 53.6 cm³/mol. The quantitative estimate of drug-likeness (QED) is 0.724. The van der Waals surface area contributed by atoms with Gasteiger partial charge in [0.1, 0.15) is 0 Å². The molecule has 1 aliphatic heterocycles. The Kier molecular flexibility index (Phi) is 2.66. The first kappa shape index (κ1) is 8.78. The molecule has 0 saturated carbocycles. The fraction of sp³-hybridized carbons (Fsp3) is 0.600. The molecule has 1 aromatic rings. The summed E-state index contributed by atoms with van der Waals surface area (Å²) in [5, 5.41) is 0. The molecule has 0 aliphatic carbocycles. The maximum absolute atomic E-state index is 3.09. The molecule has 0 amide bonds. The summed E-state index contributed by atoms with van der Waals surface area (Å²) >= 11 is 0. The van der Waals surface area contributed by atoms with Gasteiger partial charge in [-0.25, -0.2) is 0 Å². The van der Waals surface area contributed by atoms with E-state index in [4.69, 9.17) is 0 Å². The van der Waals surface area contributed by atoms with E-state index in [1.807, 2.05) is 6.20 Å². The van der Waals surface area contributed by atoms with Gasteiger partial charge in [-0.05, 0) is 18.7 Å². The number of piperazine rings is 1. The van der Waals surface area contributed by atoms with E-state index in [0.29, 0.717) is 0 Å². The molecule has 0 spiro atoms. The van der Waals surface area contributed by atoms with Gasteiger partial charge in [0, 0.05) is 45.1 Å². The summed E-state index contributed by atoms with van der Waals surface area (Å²) in [6.07, 6.45) is 4.07. The molecule has 3 nitrogen and oxygen atoms in total. The number of nitrogens with one attached hydrogen (secondary N) is 1. The van der Waals surface area contributed by atoms with Gasteiger partial charge in [-0.1, -0.05) is 0 Å². The third-order valence-corrected chi connectivity index (χ3v) is 2.66. The Morgan fingerprint density at radius 2 is 2.08 bits per heavy atom. The van der Waals surface area contributed by atoms with Gasteiger partial charge in [-0.15, -0.1) is 0 Å². The van der Waals surface area contributed by atoms with Crippen molar-refractivity contribution in [1.29, 1.82) is 0 Å². The first-order valence-electron chi connectivity index (χ1n) is 4.87. The maximum Gasteiger partial charge on any atom is 0.0249 e. The average molecular weight is 179 g/mol. The minimum atomic E-state index is 1.09. The smallest absolute Gasteiger partial charge is 0.0249 e. The lowest BCUT2D eigenvalue weighted by Gasteiger charge is -2.32. The van der Waals surface area contributed by atoms with Crippen molar-refractivity contribution in [2.45, 2.75) is 6.54 Å². The van der Waals surface area contributed by atoms with E-state index >= 15 is 0 Å². The second-order valence-electron chi connectivity index (χ2n) is 3.80. The first-order valence-corrected chi connectivity index (χ1v) is 4.87. The van der Waals surface area contributed by atoms with Crippen molar-refractivity contribution in [3.63, 3.8) is 0 Å². The van der Waals surface area contributed by atoms with Crippen molar-refractivity contribution in [1.82, 2.24) is 14.8 Å². The van der Waals surface area contributed by atoms with Gasteiger partial charge in [0.05, 0.1) is 0 Å². The van der Waals surface area contributed by atoms with Gasteiger partial charge in [0.25, 0.3) is 0 Å². The van der Waals surface area contributed by atoms with E-state index in [0.717, 1.165) is 6.54 Å². The third-order valence-electron chi connectivity index (χ3n) is 2.66. The van der Waals surface area contributed by atoms with E-state index in [9.17, 15) is 0 Å². The largest absolute Gasteiger partial charge is 0.367 e. The zero-order chi connectivity index (χ0) is 9.10. The standard InChI is InChI=1S/C10H17N3/c1-12-4-6-13(7-5-12)9-10-2-3-11-8-10/h2-3,8,11H,4-7,9H2,1H3. The monoisotopic (exact) mass is 179 g/mol. The fourth-order valence-electron chi connectivity index (χ4n) is 1.72. The van der Waals surface area contributed by atoms with Crippen LogP contribution in [0.3, 0.4) is 0 Å². The summed E-state index contributed by atoms with van der Waals surface area (Å²) in [6, 6.07) is 2.15. The number of hydrogen-bond acceptors (Lipinski definition) is 2. The number of nitrogens with zero attached hydrogens (tertiary/aromatic N) is 2. The first-order chi connectivity index (χ1) is 6.34. The Morgan fingerprint density at radius 3 is 2.69 bits per heavy atom. The molecule has 0 radical (unpaired) electrons. The van der Waals surface area contributed by atoms with Crippen LogP contribution in [-0.2, 0) is 6.54 Å². The lowest BCUT2D eigenvalue weighted by Crippen LogP contribution is -2.43. The number of rotatable bonds is 2. The van der Waals surface area contributed by atoms with E-state index in [2.05, 4.69) is 34.1 Å². The van der Waals surface area contributed by atoms with Gasteiger partial charge in [-0.3, -0.25) is 4.90 Å². The van der Waals surface area contributed by atoms with Gasteiger partial charge < -0.3 is 9.88 Å². The van der Waals surface area contributed by atoms with Crippen molar-refractivity contribution in [2.24, 2.45) is 0 Å². The summed E-state index contributed by atoms with van der Waals surface area (Å²) in [5.41, 5.74) is 1.39. The second-order valence-corrected chi connectivity index (χ2v) is 3.80. The van der Waals surface area contributed by atoms with Crippen LogP contribution < -0.4 is 0 Å². The van der Waals surface area contributed by atoms with Crippen LogP contribution in [0.4, 0.5) is 0 Å². The van der Waals surface area contributed by atoms with Gasteiger partial charge in [0.15, 0.2) is 0 Å². The fourth-order valence-corrected chi connectivity index (χ4v) is 1.72. The van der Waals surface area contributed by atoms with Crippen LogP contribution in [0.2, 0.25) is 0 Å². The number of H-pyrrole nitrogens is 1. The summed E-state index contributed by atoms with van der Waals surface area (Å²) < 4.78 is 0. The average Bonchev–Trinajstić information content (AvgIpc) is 2.62. The van der Waals surface area contributed by atoms with Crippen LogP contribution in [0.1, 0.15) is 5.56 Å². The maximum atomic E-state index is 3.09. The highest BCUT2D eigenvalue weighted by atomic mass is 15.2. The topological polar surface area (TPSA) is 22.3 Å². The molecule has 13 heavy (non-hydrogen) atoms. The minimum absolute atomic E-state index is 1.09. The molecule has 3 heteroatoms. The molecule has 0 unspecified atom stereocenters. The van der Waals surface area contributed by atoms with Crippen molar-refractivity contribution in [3.8, 4) is 0 Å². The van der Waals surface area contributed by atoms with Gasteiger partial charge in [0.2, 0.25) is 0 Å². The van der Waals surface area contributed by atoms with Gasteiger partial charge >= 0.3 is 0 Å². The van der Waals surface area contributed by atoms with E-state index in [1.54, 1.807) is 0 Å². The van der Waals surface area contributed by atoms with E-state index < -0.39 is 0 Å². The van der Waals surface area contributed by atoms with Crippen molar-refractivity contribution < 1.29 is 0 Å². The highest BCUT2D eigenvalue weighted by molar-refractivity contribution is 5.08. The zero-order valence-electron chi connectivity index (χ0n) is 8.16. The molecular weight excluding hydrogens is 162 g/mol. The molecule has 2 rings (SSSR count). The lowest BCUT2D eigenvalue weighted by atomic mass is 10.2. The summed E-state index contributed by atoms with van der Waals surface area (Å²) in [5.74, 6) is 0. The number of aromatic amines is 1. The van der Waals surface area contributed by atoms with Crippen LogP contribution in [0.25, 0.3) is 0 Å². The summed E-state index contributed by atoms with van der Waals surface area (Å²) in [7, 11) is 2.19. The third kappa shape index (κ3) is 2.32. The van der Waals surface area contributed by atoms with E-state index in [-0.39, 0.29) is 0 Å². The zero-order valence-corrected chi connectivity index (χ0v) is 8.16. The molecule has 2 heterocycles. The molecule has 1 aliphatic rings. The van der Waals surface area contributed by atoms with Crippen molar-refractivity contribution in [3.05, 3.63) is 24.0 Å². The Balaban J connectivity index is 1.83. The van der Waals surface area contributed by atoms with Crippen LogP contribution in [-0.4, -0.2) is 48.0 Å². The molecule has 1 saturated heterocycles. The Morgan fingerprint density at radius 1 is 1.31 bits per heavy atom. The normalized spacial score (nSPS) is 20.7. The van der Waals surface area contributed by atoms with Crippen LogP contribution in [0.15, 0.2) is 18.5 Å². The Labute approximate surface area is 79.3 Å². The van der Waals surface area contributed by atoms with Gasteiger partial charge in [-0.2, -0.15) is 0 Å². The molecule has 1 aromatic heterocycles. The van der Waals surface area contributed by atoms with Crippen molar-refractivity contribution >= 4 is 0 Å². The molecular formula is C10H17N3. The summed E-state index contributed by atoms with van der Waals surface area (Å²) in [6.45, 7) is 5.88. The van der Waals surface area contributed by atoms with Crippen LogP contribution in [0, 0.1) is 0 Å². The van der Waals surface area contributed by atoms with E-state index in [1.165, 1.54) is 31.7 Å². The summed E-state index contributed by atoms with van der Waals surface area (Å²) in [4.78, 5) is 7.98. The highest BCUT2D eigenvalue weighted by Crippen LogP contribution is 2.06. The van der Waals surface area contributed by atoms with Crippen molar-refractivity contribution in [2.75, 3.05) is 33.2 Å². The molecule has 1 N–H and O–H groups in total. The molecule has 72 valence electrons. The molecule has 0 bridgehead atoms. The predicted octanol–water partition coefficient (Wildman–Crippen LogP) is 0.762. The lowest BCUT2D eigenvalue weighted by molar-refractivity contribution is 0.148. The molecule has 1 fully saturated rings. The molecule has 0 atom stereocenters. The van der Waals surface area contributed by atoms with Crippen LogP contribution in [0.5, 0.6) is 0 Å².